The Morgan fingerprint density at radius 1 is 1.33 bits per heavy atom. The lowest BCUT2D eigenvalue weighted by Crippen LogP contribution is -2.22. The minimum Gasteiger partial charge on any atom is -0.461 e. The van der Waals surface area contributed by atoms with E-state index in [4.69, 9.17) is 15.2 Å². The normalized spacial score (nSPS) is 11.9. The first-order chi connectivity index (χ1) is 11.2. The molecular formula is C17H25BrN2O3Si. The Kier molecular flexibility index (Phi) is 6.11. The number of ether oxygens (including phenoxy) is 2. The minimum absolute atomic E-state index is 0.286. The minimum atomic E-state index is -1.16. The van der Waals surface area contributed by atoms with Crippen molar-refractivity contribution in [2.24, 2.45) is 0 Å². The van der Waals surface area contributed by atoms with Crippen LogP contribution in [0.2, 0.25) is 25.7 Å². The first-order valence-electron chi connectivity index (χ1n) is 8.06. The van der Waals surface area contributed by atoms with E-state index >= 15 is 0 Å². The van der Waals surface area contributed by atoms with Crippen molar-refractivity contribution >= 4 is 46.6 Å². The molecule has 0 aliphatic rings. The third kappa shape index (κ3) is 4.40. The van der Waals surface area contributed by atoms with E-state index in [0.29, 0.717) is 24.6 Å². The summed E-state index contributed by atoms with van der Waals surface area (Å²) in [4.78, 5) is 12.3. The smallest absolute Gasteiger partial charge is 0.357 e. The van der Waals surface area contributed by atoms with Crippen molar-refractivity contribution in [2.45, 2.75) is 39.3 Å². The summed E-state index contributed by atoms with van der Waals surface area (Å²) in [5.41, 5.74) is 7.88. The number of anilines is 1. The van der Waals surface area contributed by atoms with E-state index in [1.54, 1.807) is 11.5 Å². The predicted molar refractivity (Wildman–Crippen MR) is 104 cm³/mol. The number of nitrogen functional groups attached to an aromatic ring is 1. The van der Waals surface area contributed by atoms with Gasteiger partial charge in [0.1, 0.15) is 6.73 Å². The molecule has 0 bridgehead atoms. The molecule has 2 rings (SSSR count). The predicted octanol–water partition coefficient (Wildman–Crippen LogP) is 4.48. The van der Waals surface area contributed by atoms with Gasteiger partial charge in [-0.15, -0.1) is 0 Å². The zero-order valence-corrected chi connectivity index (χ0v) is 17.3. The molecule has 0 unspecified atom stereocenters. The summed E-state index contributed by atoms with van der Waals surface area (Å²) < 4.78 is 13.7. The van der Waals surface area contributed by atoms with Gasteiger partial charge in [0.05, 0.1) is 17.8 Å². The van der Waals surface area contributed by atoms with E-state index < -0.39 is 14.0 Å². The molecule has 0 aliphatic carbocycles. The molecule has 1 aromatic heterocycles. The van der Waals surface area contributed by atoms with E-state index in [-0.39, 0.29) is 6.73 Å². The fourth-order valence-corrected chi connectivity index (χ4v) is 3.56. The van der Waals surface area contributed by atoms with Crippen molar-refractivity contribution < 1.29 is 14.3 Å². The van der Waals surface area contributed by atoms with Crippen molar-refractivity contribution in [1.82, 2.24) is 4.57 Å². The molecule has 1 aromatic carbocycles. The zero-order valence-electron chi connectivity index (χ0n) is 14.7. The molecule has 0 amide bonds. The quantitative estimate of drug-likeness (QED) is 0.413. The average Bonchev–Trinajstić information content (AvgIpc) is 2.75. The van der Waals surface area contributed by atoms with E-state index in [1.165, 1.54) is 0 Å². The molecule has 0 radical (unpaired) electrons. The van der Waals surface area contributed by atoms with Crippen molar-refractivity contribution in [3.05, 3.63) is 28.4 Å². The Balaban J connectivity index is 2.34. The molecule has 24 heavy (non-hydrogen) atoms. The average molecular weight is 413 g/mol. The number of aromatic nitrogens is 1. The number of nitrogens with two attached hydrogens (primary N) is 1. The summed E-state index contributed by atoms with van der Waals surface area (Å²) in [6, 6.07) is 6.84. The van der Waals surface area contributed by atoms with E-state index in [1.807, 2.05) is 18.2 Å². The van der Waals surface area contributed by atoms with E-state index in [2.05, 4.69) is 35.6 Å². The Bertz CT molecular complexity index is 737. The number of nitrogens with zero attached hydrogens (tertiary/aromatic N) is 1. The standard InChI is InChI=1S/C17H25BrN2O3Si/c1-5-23-17(21)16-15(19)13-10-12(18)6-7-14(13)20(16)11-22-8-9-24(2,3)4/h6-7,10H,5,8-9,11,19H2,1-4H3. The van der Waals surface area contributed by atoms with Gasteiger partial charge in [-0.1, -0.05) is 35.6 Å². The Morgan fingerprint density at radius 3 is 2.67 bits per heavy atom. The molecule has 0 saturated carbocycles. The molecule has 7 heteroatoms. The van der Waals surface area contributed by atoms with Gasteiger partial charge in [-0.2, -0.15) is 0 Å². The van der Waals surface area contributed by atoms with Gasteiger partial charge in [0, 0.05) is 24.5 Å². The highest BCUT2D eigenvalue weighted by atomic mass is 79.9. The van der Waals surface area contributed by atoms with Gasteiger partial charge < -0.3 is 19.8 Å². The summed E-state index contributed by atoms with van der Waals surface area (Å²) in [5.74, 6) is -0.420. The van der Waals surface area contributed by atoms with Crippen LogP contribution < -0.4 is 5.73 Å². The number of benzene rings is 1. The maximum Gasteiger partial charge on any atom is 0.357 e. The first-order valence-corrected chi connectivity index (χ1v) is 12.6. The zero-order chi connectivity index (χ0) is 17.9. The second-order valence-corrected chi connectivity index (χ2v) is 13.5. The number of halogens is 1. The third-order valence-corrected chi connectivity index (χ3v) is 5.95. The van der Waals surface area contributed by atoms with Crippen LogP contribution in [0, 0.1) is 0 Å². The van der Waals surface area contributed by atoms with Gasteiger partial charge in [0.2, 0.25) is 0 Å². The van der Waals surface area contributed by atoms with Crippen molar-refractivity contribution in [1.29, 1.82) is 0 Å². The summed E-state index contributed by atoms with van der Waals surface area (Å²) in [5, 5.41) is 0.821. The van der Waals surface area contributed by atoms with Gasteiger partial charge in [-0.05, 0) is 31.2 Å². The summed E-state index contributed by atoms with van der Waals surface area (Å²) in [6.07, 6.45) is 0. The highest BCUT2D eigenvalue weighted by Crippen LogP contribution is 2.31. The molecule has 5 nitrogen and oxygen atoms in total. The Morgan fingerprint density at radius 2 is 2.04 bits per heavy atom. The van der Waals surface area contributed by atoms with Crippen LogP contribution in [0.25, 0.3) is 10.9 Å². The van der Waals surface area contributed by atoms with Crippen LogP contribution in [-0.2, 0) is 16.2 Å². The molecule has 2 aromatic rings. The molecule has 0 atom stereocenters. The monoisotopic (exact) mass is 412 g/mol. The van der Waals surface area contributed by atoms with Crippen LogP contribution in [0.3, 0.4) is 0 Å². The van der Waals surface area contributed by atoms with Gasteiger partial charge >= 0.3 is 5.97 Å². The number of carbonyl (C=O) groups is 1. The molecule has 132 valence electrons. The lowest BCUT2D eigenvalue weighted by Gasteiger charge is -2.16. The molecular weight excluding hydrogens is 388 g/mol. The first kappa shape index (κ1) is 19.0. The van der Waals surface area contributed by atoms with E-state index in [0.717, 1.165) is 21.4 Å². The van der Waals surface area contributed by atoms with Gasteiger partial charge in [-0.25, -0.2) is 4.79 Å². The number of hydrogen-bond acceptors (Lipinski definition) is 4. The second kappa shape index (κ2) is 7.71. The topological polar surface area (TPSA) is 66.5 Å². The summed E-state index contributed by atoms with van der Waals surface area (Å²) >= 11 is 3.45. The Labute approximate surface area is 152 Å². The Hall–Kier alpha value is -1.31. The largest absolute Gasteiger partial charge is 0.461 e. The van der Waals surface area contributed by atoms with Crippen molar-refractivity contribution in [2.75, 3.05) is 18.9 Å². The number of hydrogen-bond donors (Lipinski definition) is 1. The highest BCUT2D eigenvalue weighted by Gasteiger charge is 2.22. The number of fused-ring (bicyclic) bond motifs is 1. The number of rotatable bonds is 7. The third-order valence-electron chi connectivity index (χ3n) is 3.75. The molecule has 0 saturated heterocycles. The fraction of sp³-hybridized carbons (Fsp3) is 0.471. The SMILES string of the molecule is CCOC(=O)c1c(N)c2cc(Br)ccc2n1COCC[Si](C)(C)C. The maximum atomic E-state index is 12.3. The van der Waals surface area contributed by atoms with E-state index in [9.17, 15) is 4.79 Å². The number of esters is 1. The number of carbonyl (C=O) groups excluding carboxylic acids is 1. The molecule has 0 fully saturated rings. The van der Waals surface area contributed by atoms with Crippen molar-refractivity contribution in [3.63, 3.8) is 0 Å². The van der Waals surface area contributed by atoms with Crippen LogP contribution in [0.5, 0.6) is 0 Å². The van der Waals surface area contributed by atoms with Gasteiger partial charge in [0.15, 0.2) is 5.69 Å². The molecule has 0 spiro atoms. The highest BCUT2D eigenvalue weighted by molar-refractivity contribution is 9.10. The van der Waals surface area contributed by atoms with Crippen LogP contribution in [0.4, 0.5) is 5.69 Å². The fourth-order valence-electron chi connectivity index (χ4n) is 2.44. The van der Waals surface area contributed by atoms with Crippen LogP contribution in [0.1, 0.15) is 17.4 Å². The van der Waals surface area contributed by atoms with Crippen LogP contribution in [0.15, 0.2) is 22.7 Å². The van der Waals surface area contributed by atoms with Crippen LogP contribution >= 0.6 is 15.9 Å². The summed E-state index contributed by atoms with van der Waals surface area (Å²) in [7, 11) is -1.16. The van der Waals surface area contributed by atoms with Crippen LogP contribution in [-0.4, -0.2) is 31.8 Å². The summed E-state index contributed by atoms with van der Waals surface area (Å²) in [6.45, 7) is 9.97. The maximum absolute atomic E-state index is 12.3. The van der Waals surface area contributed by atoms with Gasteiger partial charge in [-0.3, -0.25) is 0 Å². The molecule has 1 heterocycles. The second-order valence-electron chi connectivity index (χ2n) is 6.92. The molecule has 2 N–H and O–H groups in total. The van der Waals surface area contributed by atoms with Gasteiger partial charge in [0.25, 0.3) is 0 Å². The lowest BCUT2D eigenvalue weighted by atomic mass is 10.2. The van der Waals surface area contributed by atoms with Crippen molar-refractivity contribution in [3.8, 4) is 0 Å². The lowest BCUT2D eigenvalue weighted by molar-refractivity contribution is 0.0479. The molecule has 0 aliphatic heterocycles.